The maximum atomic E-state index is 6.09. The van der Waals surface area contributed by atoms with Gasteiger partial charge in [0, 0.05) is 39.2 Å². The van der Waals surface area contributed by atoms with Crippen LogP contribution in [0.2, 0.25) is 0 Å². The van der Waals surface area contributed by atoms with E-state index in [4.69, 9.17) is 19.4 Å². The summed E-state index contributed by atoms with van der Waals surface area (Å²) in [6, 6.07) is 49.6. The number of hydrogen-bond donors (Lipinski definition) is 0. The lowest BCUT2D eigenvalue weighted by Crippen LogP contribution is -1.98. The third kappa shape index (κ3) is 4.65. The van der Waals surface area contributed by atoms with E-state index in [1.807, 2.05) is 72.9 Å². The van der Waals surface area contributed by atoms with Crippen LogP contribution in [0.15, 0.2) is 156 Å². The van der Waals surface area contributed by atoms with Crippen LogP contribution in [-0.4, -0.2) is 15.0 Å². The van der Waals surface area contributed by atoms with Crippen molar-refractivity contribution in [2.75, 3.05) is 0 Å². The minimum atomic E-state index is 0.671. The summed E-state index contributed by atoms with van der Waals surface area (Å²) in [5, 5.41) is 2.15. The van der Waals surface area contributed by atoms with Crippen molar-refractivity contribution < 1.29 is 4.42 Å². The fourth-order valence-corrected chi connectivity index (χ4v) is 5.65. The lowest BCUT2D eigenvalue weighted by Gasteiger charge is -2.13. The Balaban J connectivity index is 1.31. The lowest BCUT2D eigenvalue weighted by atomic mass is 9.98. The first-order valence-corrected chi connectivity index (χ1v) is 14.3. The average molecular weight is 552 g/mol. The Hall–Kier alpha value is -5.87. The topological polar surface area (TPSA) is 51.8 Å². The number of pyridine rings is 1. The molecule has 0 aliphatic carbocycles. The lowest BCUT2D eigenvalue weighted by molar-refractivity contribution is 0.669. The molecule has 8 aromatic rings. The van der Waals surface area contributed by atoms with E-state index in [9.17, 15) is 0 Å². The van der Waals surface area contributed by atoms with Gasteiger partial charge < -0.3 is 4.42 Å². The highest BCUT2D eigenvalue weighted by Gasteiger charge is 2.16. The molecule has 0 bridgehead atoms. The summed E-state index contributed by atoms with van der Waals surface area (Å²) in [7, 11) is 0. The van der Waals surface area contributed by atoms with Crippen LogP contribution in [0.5, 0.6) is 0 Å². The molecule has 0 N–H and O–H groups in total. The normalized spacial score (nSPS) is 11.3. The molecule has 0 unspecified atom stereocenters. The fourth-order valence-electron chi connectivity index (χ4n) is 5.65. The summed E-state index contributed by atoms with van der Waals surface area (Å²) >= 11 is 0. The molecule has 0 spiro atoms. The predicted octanol–water partition coefficient (Wildman–Crippen LogP) is 10.1. The third-order valence-corrected chi connectivity index (χ3v) is 7.76. The van der Waals surface area contributed by atoms with Crippen LogP contribution in [0, 0.1) is 0 Å². The highest BCUT2D eigenvalue weighted by molar-refractivity contribution is 6.06. The van der Waals surface area contributed by atoms with E-state index in [1.165, 1.54) is 5.56 Å². The molecule has 4 heteroatoms. The summed E-state index contributed by atoms with van der Waals surface area (Å²) in [4.78, 5) is 15.0. The van der Waals surface area contributed by atoms with Crippen LogP contribution in [0.4, 0.5) is 0 Å². The first kappa shape index (κ1) is 24.9. The van der Waals surface area contributed by atoms with E-state index in [1.54, 1.807) is 0 Å². The molecule has 3 aromatic heterocycles. The van der Waals surface area contributed by atoms with Crippen molar-refractivity contribution in [3.05, 3.63) is 152 Å². The molecule has 3 heterocycles. The van der Waals surface area contributed by atoms with Crippen LogP contribution < -0.4 is 0 Å². The molecule has 4 nitrogen and oxygen atoms in total. The van der Waals surface area contributed by atoms with Crippen LogP contribution in [0.3, 0.4) is 0 Å². The zero-order chi connectivity index (χ0) is 28.6. The first-order valence-electron chi connectivity index (χ1n) is 14.3. The quantitative estimate of drug-likeness (QED) is 0.214. The van der Waals surface area contributed by atoms with Crippen LogP contribution in [0.1, 0.15) is 0 Å². The Labute approximate surface area is 249 Å². The Bertz CT molecular complexity index is 2240. The Morgan fingerprint density at radius 2 is 1.12 bits per heavy atom. The number of aromatic nitrogens is 3. The van der Waals surface area contributed by atoms with Crippen LogP contribution in [-0.2, 0) is 0 Å². The molecule has 0 amide bonds. The van der Waals surface area contributed by atoms with Crippen molar-refractivity contribution in [2.45, 2.75) is 0 Å². The number of rotatable bonds is 5. The summed E-state index contributed by atoms with van der Waals surface area (Å²) in [6.07, 6.45) is 1.83. The van der Waals surface area contributed by atoms with Crippen molar-refractivity contribution in [1.29, 1.82) is 0 Å². The van der Waals surface area contributed by atoms with E-state index in [-0.39, 0.29) is 0 Å². The van der Waals surface area contributed by atoms with Gasteiger partial charge in [0.25, 0.3) is 0 Å². The van der Waals surface area contributed by atoms with Gasteiger partial charge in [0.15, 0.2) is 5.82 Å². The van der Waals surface area contributed by atoms with E-state index in [0.29, 0.717) is 5.82 Å². The minimum Gasteiger partial charge on any atom is -0.456 e. The van der Waals surface area contributed by atoms with Crippen LogP contribution >= 0.6 is 0 Å². The van der Waals surface area contributed by atoms with Gasteiger partial charge >= 0.3 is 0 Å². The largest absolute Gasteiger partial charge is 0.456 e. The molecule has 43 heavy (non-hydrogen) atoms. The highest BCUT2D eigenvalue weighted by atomic mass is 16.3. The van der Waals surface area contributed by atoms with Crippen molar-refractivity contribution in [3.63, 3.8) is 0 Å². The van der Waals surface area contributed by atoms with Crippen molar-refractivity contribution in [3.8, 4) is 56.3 Å². The summed E-state index contributed by atoms with van der Waals surface area (Å²) < 4.78 is 6.09. The molecule has 0 saturated carbocycles. The summed E-state index contributed by atoms with van der Waals surface area (Å²) in [6.45, 7) is 0. The van der Waals surface area contributed by atoms with Gasteiger partial charge in [-0.3, -0.25) is 4.98 Å². The monoisotopic (exact) mass is 551 g/mol. The van der Waals surface area contributed by atoms with Crippen molar-refractivity contribution >= 4 is 21.9 Å². The second-order valence-electron chi connectivity index (χ2n) is 10.5. The Morgan fingerprint density at radius 3 is 1.98 bits per heavy atom. The van der Waals surface area contributed by atoms with Crippen LogP contribution in [0.25, 0.3) is 78.2 Å². The molecule has 8 rings (SSSR count). The maximum absolute atomic E-state index is 6.09. The summed E-state index contributed by atoms with van der Waals surface area (Å²) in [5.41, 5.74) is 10.5. The molecule has 0 atom stereocenters. The standard InChI is InChI=1S/C39H25N3O/c1-3-11-26(12-4-1)28-15-9-16-29(23-28)34-25-35(42-39(41-34)27-13-5-2-6-14-27)32-18-10-22-40-38(32)30-20-21-37-33(24-30)31-17-7-8-19-36(31)43-37/h1-25H. The van der Waals surface area contributed by atoms with Crippen molar-refractivity contribution in [2.24, 2.45) is 0 Å². The molecule has 0 saturated heterocycles. The third-order valence-electron chi connectivity index (χ3n) is 7.76. The fraction of sp³-hybridized carbons (Fsp3) is 0. The summed E-state index contributed by atoms with van der Waals surface area (Å²) in [5.74, 6) is 0.671. The van der Waals surface area contributed by atoms with Gasteiger partial charge in [-0.15, -0.1) is 0 Å². The average Bonchev–Trinajstić information content (AvgIpc) is 3.47. The predicted molar refractivity (Wildman–Crippen MR) is 174 cm³/mol. The van der Waals surface area contributed by atoms with Gasteiger partial charge in [-0.1, -0.05) is 97.1 Å². The smallest absolute Gasteiger partial charge is 0.160 e. The van der Waals surface area contributed by atoms with Gasteiger partial charge in [-0.05, 0) is 59.7 Å². The van der Waals surface area contributed by atoms with E-state index < -0.39 is 0 Å². The molecular formula is C39H25N3O. The minimum absolute atomic E-state index is 0.671. The zero-order valence-electron chi connectivity index (χ0n) is 23.2. The first-order chi connectivity index (χ1) is 21.3. The van der Waals surface area contributed by atoms with E-state index in [2.05, 4.69) is 78.9 Å². The Morgan fingerprint density at radius 1 is 0.419 bits per heavy atom. The molecule has 0 radical (unpaired) electrons. The van der Waals surface area contributed by atoms with E-state index >= 15 is 0 Å². The maximum Gasteiger partial charge on any atom is 0.160 e. The number of para-hydroxylation sites is 1. The second-order valence-corrected chi connectivity index (χ2v) is 10.5. The zero-order valence-corrected chi connectivity index (χ0v) is 23.2. The number of benzene rings is 5. The number of hydrogen-bond acceptors (Lipinski definition) is 4. The van der Waals surface area contributed by atoms with Gasteiger partial charge in [0.1, 0.15) is 11.2 Å². The van der Waals surface area contributed by atoms with Gasteiger partial charge in [-0.2, -0.15) is 0 Å². The van der Waals surface area contributed by atoms with Gasteiger partial charge in [-0.25, -0.2) is 9.97 Å². The molecule has 202 valence electrons. The van der Waals surface area contributed by atoms with Crippen molar-refractivity contribution in [1.82, 2.24) is 15.0 Å². The molecular weight excluding hydrogens is 526 g/mol. The van der Waals surface area contributed by atoms with E-state index in [0.717, 1.165) is 66.8 Å². The Kier molecular flexibility index (Phi) is 6.08. The van der Waals surface area contributed by atoms with Gasteiger partial charge in [0.05, 0.1) is 17.1 Å². The molecule has 0 fully saturated rings. The number of nitrogens with zero attached hydrogens (tertiary/aromatic N) is 3. The molecule has 0 aliphatic rings. The SMILES string of the molecule is c1ccc(-c2cccc(-c3cc(-c4cccnc4-c4ccc5oc6ccccc6c5c4)nc(-c4ccccc4)n3)c2)cc1. The van der Waals surface area contributed by atoms with Gasteiger partial charge in [0.2, 0.25) is 0 Å². The molecule has 0 aliphatic heterocycles. The number of furan rings is 1. The molecule has 5 aromatic carbocycles. The highest BCUT2D eigenvalue weighted by Crippen LogP contribution is 2.37. The second kappa shape index (κ2) is 10.5. The number of fused-ring (bicyclic) bond motifs is 3.